The van der Waals surface area contributed by atoms with E-state index in [1.54, 1.807) is 48.4 Å². The SMILES string of the molecule is COc1cccc([C@@H]2/C(=C(\O)c3ccccc3)C(=O)C(=O)N2CCCN(C)C)c1. The molecule has 1 fully saturated rings. The number of aliphatic hydroxyl groups excluding tert-OH is 1. The number of carbonyl (C=O) groups excluding carboxylic acids is 2. The number of ketones is 1. The van der Waals surface area contributed by atoms with Crippen LogP contribution in [0.2, 0.25) is 0 Å². The Labute approximate surface area is 171 Å². The van der Waals surface area contributed by atoms with Crippen LogP contribution in [0.3, 0.4) is 0 Å². The summed E-state index contributed by atoms with van der Waals surface area (Å²) in [6.07, 6.45) is 0.714. The number of ether oxygens (including phenoxy) is 1. The third kappa shape index (κ3) is 4.32. The zero-order chi connectivity index (χ0) is 21.0. The minimum atomic E-state index is -0.663. The second-order valence-corrected chi connectivity index (χ2v) is 7.29. The van der Waals surface area contributed by atoms with E-state index in [1.807, 2.05) is 37.2 Å². The summed E-state index contributed by atoms with van der Waals surface area (Å²) in [4.78, 5) is 29.3. The smallest absolute Gasteiger partial charge is 0.295 e. The number of hydrogen-bond donors (Lipinski definition) is 1. The summed E-state index contributed by atoms with van der Waals surface area (Å²) in [5, 5.41) is 10.9. The fourth-order valence-electron chi connectivity index (χ4n) is 3.58. The van der Waals surface area contributed by atoms with Crippen LogP contribution >= 0.6 is 0 Å². The van der Waals surface area contributed by atoms with Crippen molar-refractivity contribution >= 4 is 17.4 Å². The molecule has 1 heterocycles. The number of benzene rings is 2. The predicted molar refractivity (Wildman–Crippen MR) is 112 cm³/mol. The minimum absolute atomic E-state index is 0.110. The van der Waals surface area contributed by atoms with Gasteiger partial charge in [-0.25, -0.2) is 0 Å². The van der Waals surface area contributed by atoms with Crippen LogP contribution in [-0.4, -0.2) is 60.9 Å². The minimum Gasteiger partial charge on any atom is -0.507 e. The molecule has 2 aromatic carbocycles. The highest BCUT2D eigenvalue weighted by Crippen LogP contribution is 2.40. The van der Waals surface area contributed by atoms with Crippen molar-refractivity contribution in [2.24, 2.45) is 0 Å². The Morgan fingerprint density at radius 2 is 1.83 bits per heavy atom. The first-order valence-corrected chi connectivity index (χ1v) is 9.56. The molecule has 1 aliphatic rings. The van der Waals surface area contributed by atoms with Crippen molar-refractivity contribution in [1.29, 1.82) is 0 Å². The average Bonchev–Trinajstić information content (AvgIpc) is 2.98. The molecule has 152 valence electrons. The van der Waals surface area contributed by atoms with Gasteiger partial charge in [-0.15, -0.1) is 0 Å². The second kappa shape index (κ2) is 8.92. The largest absolute Gasteiger partial charge is 0.507 e. The fourth-order valence-corrected chi connectivity index (χ4v) is 3.58. The third-order valence-electron chi connectivity index (χ3n) is 5.00. The van der Waals surface area contributed by atoms with E-state index in [2.05, 4.69) is 0 Å². The van der Waals surface area contributed by atoms with Gasteiger partial charge in [0.05, 0.1) is 18.7 Å². The van der Waals surface area contributed by atoms with Crippen molar-refractivity contribution in [2.45, 2.75) is 12.5 Å². The summed E-state index contributed by atoms with van der Waals surface area (Å²) in [5.41, 5.74) is 1.34. The highest BCUT2D eigenvalue weighted by atomic mass is 16.5. The van der Waals surface area contributed by atoms with Crippen LogP contribution in [-0.2, 0) is 9.59 Å². The molecule has 6 nitrogen and oxygen atoms in total. The quantitative estimate of drug-likeness (QED) is 0.444. The number of methoxy groups -OCH3 is 1. The first kappa shape index (κ1) is 20.6. The predicted octanol–water partition coefficient (Wildman–Crippen LogP) is 3.07. The standard InChI is InChI=1S/C23H26N2O4/c1-24(2)13-8-14-25-20(17-11-7-12-18(15-17)29-3)19(22(27)23(25)28)21(26)16-9-5-4-6-10-16/h4-7,9-12,15,20,26H,8,13-14H2,1-3H3/b21-19+/t20-/m1/s1. The van der Waals surface area contributed by atoms with Crippen LogP contribution in [0.1, 0.15) is 23.6 Å². The Kier molecular flexibility index (Phi) is 6.34. The summed E-state index contributed by atoms with van der Waals surface area (Å²) in [6, 6.07) is 15.4. The Morgan fingerprint density at radius 3 is 2.48 bits per heavy atom. The van der Waals surface area contributed by atoms with Crippen molar-refractivity contribution in [1.82, 2.24) is 9.80 Å². The Morgan fingerprint density at radius 1 is 1.10 bits per heavy atom. The van der Waals surface area contributed by atoms with Crippen LogP contribution in [0.25, 0.3) is 5.76 Å². The van der Waals surface area contributed by atoms with Gasteiger partial charge < -0.3 is 19.6 Å². The van der Waals surface area contributed by atoms with E-state index in [9.17, 15) is 14.7 Å². The number of Topliss-reactive ketones (excluding diaryl/α,β-unsaturated/α-hetero) is 1. The van der Waals surface area contributed by atoms with E-state index in [0.717, 1.165) is 12.1 Å². The van der Waals surface area contributed by atoms with Crippen molar-refractivity contribution in [3.8, 4) is 5.75 Å². The van der Waals surface area contributed by atoms with Gasteiger partial charge in [0.25, 0.3) is 11.7 Å². The molecule has 0 aliphatic carbocycles. The van der Waals surface area contributed by atoms with Crippen molar-refractivity contribution in [3.05, 3.63) is 71.3 Å². The van der Waals surface area contributed by atoms with Crippen molar-refractivity contribution in [3.63, 3.8) is 0 Å². The van der Waals surface area contributed by atoms with Gasteiger partial charge >= 0.3 is 0 Å². The Bertz CT molecular complexity index is 921. The first-order chi connectivity index (χ1) is 13.9. The van der Waals surface area contributed by atoms with E-state index in [0.29, 0.717) is 24.3 Å². The van der Waals surface area contributed by atoms with Gasteiger partial charge in [-0.1, -0.05) is 42.5 Å². The number of likely N-dealkylation sites (tertiary alicyclic amines) is 1. The van der Waals surface area contributed by atoms with Crippen molar-refractivity contribution in [2.75, 3.05) is 34.3 Å². The molecule has 2 aromatic rings. The molecule has 0 unspecified atom stereocenters. The summed E-state index contributed by atoms with van der Waals surface area (Å²) in [5.74, 6) is -0.786. The lowest BCUT2D eigenvalue weighted by molar-refractivity contribution is -0.139. The lowest BCUT2D eigenvalue weighted by Crippen LogP contribution is -2.32. The Balaban J connectivity index is 2.09. The first-order valence-electron chi connectivity index (χ1n) is 9.56. The van der Waals surface area contributed by atoms with Gasteiger partial charge in [-0.2, -0.15) is 0 Å². The van der Waals surface area contributed by atoms with Gasteiger partial charge in [0.2, 0.25) is 0 Å². The third-order valence-corrected chi connectivity index (χ3v) is 5.00. The molecular formula is C23H26N2O4. The van der Waals surface area contributed by atoms with E-state index >= 15 is 0 Å². The molecule has 6 heteroatoms. The maximum atomic E-state index is 12.9. The van der Waals surface area contributed by atoms with Gasteiger partial charge in [0.15, 0.2) is 0 Å². The molecular weight excluding hydrogens is 368 g/mol. The number of hydrogen-bond acceptors (Lipinski definition) is 5. The van der Waals surface area contributed by atoms with Gasteiger partial charge in [0.1, 0.15) is 11.5 Å². The molecule has 1 saturated heterocycles. The molecule has 1 atom stereocenters. The number of carbonyl (C=O) groups is 2. The fraction of sp³-hybridized carbons (Fsp3) is 0.304. The van der Waals surface area contributed by atoms with E-state index < -0.39 is 17.7 Å². The van der Waals surface area contributed by atoms with Gasteiger partial charge in [0, 0.05) is 12.1 Å². The Hall–Kier alpha value is -3.12. The second-order valence-electron chi connectivity index (χ2n) is 7.29. The van der Waals surface area contributed by atoms with Crippen LogP contribution in [0.5, 0.6) is 5.75 Å². The number of rotatable bonds is 7. The summed E-state index contributed by atoms with van der Waals surface area (Å²) >= 11 is 0. The molecule has 0 radical (unpaired) electrons. The number of amides is 1. The summed E-state index contributed by atoms with van der Waals surface area (Å²) < 4.78 is 5.32. The van der Waals surface area contributed by atoms with E-state index in [-0.39, 0.29) is 11.3 Å². The topological polar surface area (TPSA) is 70.1 Å². The van der Waals surface area contributed by atoms with E-state index in [1.165, 1.54) is 0 Å². The molecule has 29 heavy (non-hydrogen) atoms. The zero-order valence-corrected chi connectivity index (χ0v) is 17.0. The molecule has 0 spiro atoms. The van der Waals surface area contributed by atoms with Crippen LogP contribution < -0.4 is 4.74 Å². The van der Waals surface area contributed by atoms with E-state index in [4.69, 9.17) is 4.74 Å². The normalized spacial score (nSPS) is 18.5. The monoisotopic (exact) mass is 394 g/mol. The molecule has 0 saturated carbocycles. The molecule has 0 bridgehead atoms. The highest BCUT2D eigenvalue weighted by Gasteiger charge is 2.45. The van der Waals surface area contributed by atoms with Gasteiger partial charge in [-0.05, 0) is 44.8 Å². The van der Waals surface area contributed by atoms with Crippen LogP contribution in [0.15, 0.2) is 60.2 Å². The number of aliphatic hydroxyl groups is 1. The lowest BCUT2D eigenvalue weighted by Gasteiger charge is -2.26. The molecule has 1 N–H and O–H groups in total. The molecule has 0 aromatic heterocycles. The average molecular weight is 394 g/mol. The maximum Gasteiger partial charge on any atom is 0.295 e. The summed E-state index contributed by atoms with van der Waals surface area (Å²) in [7, 11) is 5.49. The molecule has 3 rings (SSSR count). The molecule has 1 aliphatic heterocycles. The summed E-state index contributed by atoms with van der Waals surface area (Å²) in [6.45, 7) is 1.20. The zero-order valence-electron chi connectivity index (χ0n) is 17.0. The van der Waals surface area contributed by atoms with Crippen LogP contribution in [0, 0.1) is 0 Å². The maximum absolute atomic E-state index is 12.9. The van der Waals surface area contributed by atoms with Gasteiger partial charge in [-0.3, -0.25) is 9.59 Å². The lowest BCUT2D eigenvalue weighted by atomic mass is 9.95. The van der Waals surface area contributed by atoms with Crippen molar-refractivity contribution < 1.29 is 19.4 Å². The van der Waals surface area contributed by atoms with Crippen LogP contribution in [0.4, 0.5) is 0 Å². The molecule has 1 amide bonds. The highest BCUT2D eigenvalue weighted by molar-refractivity contribution is 6.46. The number of nitrogens with zero attached hydrogens (tertiary/aromatic N) is 2.